The van der Waals surface area contributed by atoms with E-state index in [-0.39, 0.29) is 32.2 Å². The molecule has 0 saturated heterocycles. The van der Waals surface area contributed by atoms with Gasteiger partial charge >= 0.3 is 21.2 Å². The molecule has 0 aliphatic rings. The van der Waals surface area contributed by atoms with Crippen molar-refractivity contribution in [3.63, 3.8) is 0 Å². The highest BCUT2D eigenvalue weighted by atomic mass is 31.2. The van der Waals surface area contributed by atoms with Crippen LogP contribution in [0.25, 0.3) is 0 Å². The highest BCUT2D eigenvalue weighted by Gasteiger charge is 2.58. The average molecular weight is 455 g/mol. The van der Waals surface area contributed by atoms with Crippen LogP contribution in [0.1, 0.15) is 39.4 Å². The molecule has 168 valence electrons. The summed E-state index contributed by atoms with van der Waals surface area (Å²) in [6.07, 6.45) is 1.35. The van der Waals surface area contributed by atoms with Crippen molar-refractivity contribution < 1.29 is 41.2 Å². The van der Waals surface area contributed by atoms with Gasteiger partial charge in [-0.2, -0.15) is 0 Å². The quantitative estimate of drug-likeness (QED) is 0.326. The van der Waals surface area contributed by atoms with Crippen LogP contribution in [0.2, 0.25) is 0 Å². The summed E-state index contributed by atoms with van der Waals surface area (Å²) in [5.41, 5.74) is 6.14. The van der Waals surface area contributed by atoms with Crippen LogP contribution in [0.3, 0.4) is 0 Å². The smallest absolute Gasteiger partial charge is 0.346 e. The van der Waals surface area contributed by atoms with E-state index in [0.717, 1.165) is 7.11 Å². The van der Waals surface area contributed by atoms with Crippen molar-refractivity contribution in [3.05, 3.63) is 24.2 Å². The first-order chi connectivity index (χ1) is 13.7. The van der Waals surface area contributed by atoms with E-state index in [1.54, 1.807) is 33.8 Å². The van der Waals surface area contributed by atoms with Gasteiger partial charge in [-0.3, -0.25) is 13.9 Å². The molecule has 2 atom stereocenters. The van der Waals surface area contributed by atoms with E-state index in [2.05, 4.69) is 0 Å². The second-order valence-electron chi connectivity index (χ2n) is 5.75. The molecule has 1 aromatic heterocycles. The maximum absolute atomic E-state index is 13.8. The number of rotatable bonds is 14. The van der Waals surface area contributed by atoms with Crippen LogP contribution in [-0.2, 0) is 36.8 Å². The number of methoxy groups -OCH3 is 1. The summed E-state index contributed by atoms with van der Waals surface area (Å²) in [6.45, 7) is 6.39. The fourth-order valence-corrected chi connectivity index (χ4v) is 8.78. The lowest BCUT2D eigenvalue weighted by Gasteiger charge is -2.36. The summed E-state index contributed by atoms with van der Waals surface area (Å²) < 4.78 is 59.7. The number of hydrogen-bond acceptors (Lipinski definition) is 10. The van der Waals surface area contributed by atoms with Gasteiger partial charge in [0.2, 0.25) is 0 Å². The van der Waals surface area contributed by atoms with E-state index < -0.39 is 38.5 Å². The Balaban J connectivity index is 3.78. The summed E-state index contributed by atoms with van der Waals surface area (Å²) in [5.74, 6) is -1.91. The number of ether oxygens (including phenoxy) is 1. The molecule has 0 aliphatic heterocycles. The zero-order valence-electron chi connectivity index (χ0n) is 17.4. The Labute approximate surface area is 171 Å². The van der Waals surface area contributed by atoms with Gasteiger partial charge in [0.1, 0.15) is 11.8 Å². The van der Waals surface area contributed by atoms with Crippen molar-refractivity contribution >= 4 is 21.2 Å². The van der Waals surface area contributed by atoms with Crippen LogP contribution in [-0.4, -0.2) is 50.9 Å². The summed E-state index contributed by atoms with van der Waals surface area (Å²) in [6, 6.07) is 1.67. The largest absolute Gasteiger partial charge is 0.469 e. The highest BCUT2D eigenvalue weighted by molar-refractivity contribution is 7.72. The van der Waals surface area contributed by atoms with Gasteiger partial charge in [-0.25, -0.2) is 0 Å². The summed E-state index contributed by atoms with van der Waals surface area (Å²) in [7, 11) is -7.19. The molecule has 0 aliphatic carbocycles. The van der Waals surface area contributed by atoms with Gasteiger partial charge in [0, 0.05) is 0 Å². The molecule has 12 heteroatoms. The Hall–Kier alpha value is -0.990. The monoisotopic (exact) mass is 455 g/mol. The number of esters is 1. The Morgan fingerprint density at radius 1 is 1.00 bits per heavy atom. The molecule has 0 unspecified atom stereocenters. The van der Waals surface area contributed by atoms with Crippen LogP contribution < -0.4 is 5.73 Å². The molecule has 2 N–H and O–H groups in total. The number of nitrogens with two attached hydrogens (primary N) is 1. The van der Waals surface area contributed by atoms with Gasteiger partial charge in [-0.15, -0.1) is 0 Å². The first kappa shape index (κ1) is 26.0. The lowest BCUT2D eigenvalue weighted by molar-refractivity contribution is -0.142. The van der Waals surface area contributed by atoms with E-state index in [9.17, 15) is 13.9 Å². The molecule has 0 amide bonds. The predicted octanol–water partition coefficient (Wildman–Crippen LogP) is 3.72. The Morgan fingerprint density at radius 3 is 1.76 bits per heavy atom. The molecule has 1 heterocycles. The third-order valence-electron chi connectivity index (χ3n) is 3.94. The SMILES string of the molecule is CCOP(=O)(OCC)C([C@H](c1ccco1)[C@H](N)C(=O)OC)P(=O)(OCC)OCC. The number of carbonyl (C=O) groups excluding carboxylic acids is 1. The molecular formula is C17H31NO9P2. The van der Waals surface area contributed by atoms with Crippen LogP contribution in [0.4, 0.5) is 0 Å². The first-order valence-corrected chi connectivity index (χ1v) is 12.6. The predicted molar refractivity (Wildman–Crippen MR) is 107 cm³/mol. The minimum Gasteiger partial charge on any atom is -0.469 e. The zero-order chi connectivity index (χ0) is 22.1. The molecular weight excluding hydrogens is 424 g/mol. The van der Waals surface area contributed by atoms with Crippen LogP contribution in [0.5, 0.6) is 0 Å². The summed E-state index contributed by atoms with van der Waals surface area (Å²) >= 11 is 0. The molecule has 1 aromatic rings. The molecule has 0 aromatic carbocycles. The maximum Gasteiger partial charge on any atom is 0.346 e. The van der Waals surface area contributed by atoms with E-state index in [4.69, 9.17) is 33.0 Å². The Morgan fingerprint density at radius 2 is 1.45 bits per heavy atom. The van der Waals surface area contributed by atoms with Crippen LogP contribution >= 0.6 is 15.2 Å². The number of carbonyl (C=O) groups is 1. The van der Waals surface area contributed by atoms with Crippen molar-refractivity contribution in [3.8, 4) is 0 Å². The standard InChI is InChI=1S/C17H31NO9P2/c1-6-24-28(20,25-7-2)17(29(21,26-8-3)27-9-4)14(13-11-10-12-23-13)15(18)16(19)22-5/h10-12,14-15,17H,6-9,18H2,1-5H3/t14-,15+/m1/s1. The van der Waals surface area contributed by atoms with E-state index >= 15 is 0 Å². The van der Waals surface area contributed by atoms with E-state index in [1.165, 1.54) is 12.3 Å². The van der Waals surface area contributed by atoms with Crippen molar-refractivity contribution in [1.29, 1.82) is 0 Å². The normalized spacial score (nSPS) is 14.7. The van der Waals surface area contributed by atoms with Crippen molar-refractivity contribution in [2.75, 3.05) is 33.5 Å². The molecule has 1 rings (SSSR count). The minimum atomic E-state index is -4.17. The van der Waals surface area contributed by atoms with Gasteiger partial charge in [-0.1, -0.05) is 0 Å². The molecule has 0 bridgehead atoms. The number of hydrogen-bond donors (Lipinski definition) is 1. The summed E-state index contributed by atoms with van der Waals surface area (Å²) in [4.78, 5) is 12.3. The van der Waals surface area contributed by atoms with Gasteiger partial charge in [0.05, 0.1) is 45.7 Å². The van der Waals surface area contributed by atoms with Crippen molar-refractivity contribution in [2.24, 2.45) is 5.73 Å². The third-order valence-corrected chi connectivity index (χ3v) is 10.0. The molecule has 0 radical (unpaired) electrons. The molecule has 0 spiro atoms. The molecule has 10 nitrogen and oxygen atoms in total. The third kappa shape index (κ3) is 6.25. The maximum atomic E-state index is 13.8. The molecule has 29 heavy (non-hydrogen) atoms. The van der Waals surface area contributed by atoms with Crippen LogP contribution in [0, 0.1) is 0 Å². The Kier molecular flexibility index (Phi) is 10.8. The van der Waals surface area contributed by atoms with Crippen molar-refractivity contribution in [1.82, 2.24) is 0 Å². The second-order valence-corrected chi connectivity index (χ2v) is 10.5. The minimum absolute atomic E-state index is 0.00956. The second kappa shape index (κ2) is 12.0. The van der Waals surface area contributed by atoms with E-state index in [1.807, 2.05) is 0 Å². The fraction of sp³-hybridized carbons (Fsp3) is 0.706. The van der Waals surface area contributed by atoms with Crippen molar-refractivity contribution in [2.45, 2.75) is 45.1 Å². The first-order valence-electron chi connectivity index (χ1n) is 9.38. The van der Waals surface area contributed by atoms with E-state index in [0.29, 0.717) is 0 Å². The van der Waals surface area contributed by atoms with Gasteiger partial charge in [0.15, 0.2) is 5.40 Å². The van der Waals surface area contributed by atoms with Gasteiger partial charge in [0.25, 0.3) is 0 Å². The fourth-order valence-electron chi connectivity index (χ4n) is 2.94. The van der Waals surface area contributed by atoms with Crippen LogP contribution in [0.15, 0.2) is 22.8 Å². The highest BCUT2D eigenvalue weighted by Crippen LogP contribution is 2.74. The lowest BCUT2D eigenvalue weighted by atomic mass is 9.99. The van der Waals surface area contributed by atoms with Gasteiger partial charge < -0.3 is 33.0 Å². The Bertz CT molecular complexity index is 660. The van der Waals surface area contributed by atoms with Gasteiger partial charge in [-0.05, 0) is 39.8 Å². The zero-order valence-corrected chi connectivity index (χ0v) is 19.2. The molecule has 0 fully saturated rings. The topological polar surface area (TPSA) is 137 Å². The summed E-state index contributed by atoms with van der Waals surface area (Å²) in [5, 5.41) is -1.56. The average Bonchev–Trinajstić information content (AvgIpc) is 3.19. The lowest BCUT2D eigenvalue weighted by Crippen LogP contribution is -2.43. The number of furan rings is 1. The molecule has 0 saturated carbocycles.